The number of hydrogen-bond donors (Lipinski definition) is 3. The Balaban J connectivity index is 2.81. The molecule has 0 fully saturated rings. The Kier molecular flexibility index (Phi) is 3.63. The second-order valence-electron chi connectivity index (χ2n) is 5.15. The number of carbonyl (C=O) groups is 1. The van der Waals surface area contributed by atoms with Crippen molar-refractivity contribution in [2.75, 3.05) is 13.1 Å². The second kappa shape index (κ2) is 4.50. The maximum absolute atomic E-state index is 12.0. The molecule has 7 nitrogen and oxygen atoms in total. The minimum absolute atomic E-state index is 0.404. The number of rotatable bonds is 2. The van der Waals surface area contributed by atoms with Crippen LogP contribution in [0.15, 0.2) is 4.99 Å². The first kappa shape index (κ1) is 13.7. The summed E-state index contributed by atoms with van der Waals surface area (Å²) >= 11 is 0. The zero-order chi connectivity index (χ0) is 13.3. The van der Waals surface area contributed by atoms with Gasteiger partial charge in [0.1, 0.15) is 5.60 Å². The molecular weight excluding hydrogens is 222 g/mol. The molecule has 0 aromatic carbocycles. The molecule has 1 unspecified atom stereocenters. The van der Waals surface area contributed by atoms with Crippen LogP contribution in [0, 0.1) is 0 Å². The van der Waals surface area contributed by atoms with Crippen LogP contribution in [0.4, 0.5) is 0 Å². The Hall–Kier alpha value is -1.34. The molecule has 0 bridgehead atoms. The summed E-state index contributed by atoms with van der Waals surface area (Å²) in [4.78, 5) is 17.7. The number of aliphatic imine (C=N–C) groups is 1. The molecule has 1 atom stereocenters. The van der Waals surface area contributed by atoms with E-state index < -0.39 is 17.2 Å². The zero-order valence-corrected chi connectivity index (χ0v) is 10.8. The van der Waals surface area contributed by atoms with Crippen molar-refractivity contribution >= 4 is 11.9 Å². The van der Waals surface area contributed by atoms with Gasteiger partial charge in [-0.1, -0.05) is 0 Å². The molecule has 0 spiro atoms. The number of esters is 1. The van der Waals surface area contributed by atoms with Crippen molar-refractivity contribution in [2.24, 2.45) is 16.6 Å². The Bertz CT molecular complexity index is 332. The lowest BCUT2D eigenvalue weighted by atomic mass is 10.1. The summed E-state index contributed by atoms with van der Waals surface area (Å²) < 4.78 is 5.28. The van der Waals surface area contributed by atoms with Gasteiger partial charge in [0.15, 0.2) is 5.66 Å². The van der Waals surface area contributed by atoms with Crippen LogP contribution in [0.1, 0.15) is 27.7 Å². The van der Waals surface area contributed by atoms with E-state index in [2.05, 4.69) is 10.4 Å². The number of nitrogens with two attached hydrogens (primary N) is 2. The number of ether oxygens (including phenoxy) is 1. The molecule has 0 saturated heterocycles. The SMILES string of the molecule is CC(C)(C)OC(=O)C(C)(N)N1CCN=C1NN. The Morgan fingerprint density at radius 3 is 2.53 bits per heavy atom. The van der Waals surface area contributed by atoms with Gasteiger partial charge in [-0.05, 0) is 27.7 Å². The molecule has 0 radical (unpaired) electrons. The second-order valence-corrected chi connectivity index (χ2v) is 5.15. The standard InChI is InChI=1S/C10H21N5O2/c1-9(2,3)17-7(16)10(4,11)15-6-5-13-8(15)14-12/h5-6,11-12H2,1-4H3,(H,13,14). The van der Waals surface area contributed by atoms with Crippen molar-refractivity contribution < 1.29 is 9.53 Å². The molecule has 1 aliphatic rings. The van der Waals surface area contributed by atoms with E-state index in [0.717, 1.165) is 0 Å². The summed E-state index contributed by atoms with van der Waals surface area (Å²) in [6, 6.07) is 0. The largest absolute Gasteiger partial charge is 0.457 e. The fourth-order valence-electron chi connectivity index (χ4n) is 1.51. The highest BCUT2D eigenvalue weighted by molar-refractivity contribution is 5.89. The van der Waals surface area contributed by atoms with E-state index >= 15 is 0 Å². The summed E-state index contributed by atoms with van der Waals surface area (Å²) in [5, 5.41) is 0. The predicted molar refractivity (Wildman–Crippen MR) is 64.8 cm³/mol. The third-order valence-corrected chi connectivity index (χ3v) is 2.34. The van der Waals surface area contributed by atoms with E-state index in [0.29, 0.717) is 19.0 Å². The fourth-order valence-corrected chi connectivity index (χ4v) is 1.51. The molecule has 0 saturated carbocycles. The molecule has 5 N–H and O–H groups in total. The van der Waals surface area contributed by atoms with Crippen LogP contribution in [0.2, 0.25) is 0 Å². The van der Waals surface area contributed by atoms with Gasteiger partial charge in [-0.25, -0.2) is 10.6 Å². The highest BCUT2D eigenvalue weighted by Gasteiger charge is 2.42. The van der Waals surface area contributed by atoms with Crippen LogP contribution < -0.4 is 17.0 Å². The third kappa shape index (κ3) is 3.07. The minimum atomic E-state index is -1.28. The van der Waals surface area contributed by atoms with Gasteiger partial charge in [-0.15, -0.1) is 0 Å². The molecule has 1 rings (SSSR count). The molecule has 1 heterocycles. The van der Waals surface area contributed by atoms with Gasteiger partial charge in [0.05, 0.1) is 6.54 Å². The Morgan fingerprint density at radius 2 is 2.06 bits per heavy atom. The first-order valence-electron chi connectivity index (χ1n) is 5.49. The van der Waals surface area contributed by atoms with Crippen LogP contribution in [-0.4, -0.2) is 41.2 Å². The Morgan fingerprint density at radius 1 is 1.47 bits per heavy atom. The molecular formula is C10H21N5O2. The summed E-state index contributed by atoms with van der Waals surface area (Å²) in [6.45, 7) is 8.05. The van der Waals surface area contributed by atoms with Crippen LogP contribution in [0.25, 0.3) is 0 Å². The van der Waals surface area contributed by atoms with Gasteiger partial charge in [0.25, 0.3) is 0 Å². The van der Waals surface area contributed by atoms with E-state index in [1.807, 2.05) is 0 Å². The van der Waals surface area contributed by atoms with E-state index in [4.69, 9.17) is 16.3 Å². The summed E-state index contributed by atoms with van der Waals surface area (Å²) in [5.41, 5.74) is 6.58. The molecule has 0 amide bonds. The van der Waals surface area contributed by atoms with Crippen LogP contribution in [0.3, 0.4) is 0 Å². The maximum Gasteiger partial charge on any atom is 0.347 e. The average molecular weight is 243 g/mol. The van der Waals surface area contributed by atoms with Crippen LogP contribution in [-0.2, 0) is 9.53 Å². The molecule has 1 aliphatic heterocycles. The quantitative estimate of drug-likeness (QED) is 0.331. The van der Waals surface area contributed by atoms with E-state index in [-0.39, 0.29) is 0 Å². The van der Waals surface area contributed by atoms with Crippen molar-refractivity contribution in [1.29, 1.82) is 0 Å². The zero-order valence-electron chi connectivity index (χ0n) is 10.8. The molecule has 0 aromatic rings. The predicted octanol–water partition coefficient (Wildman–Crippen LogP) is -0.862. The van der Waals surface area contributed by atoms with Gasteiger partial charge in [-0.2, -0.15) is 0 Å². The lowest BCUT2D eigenvalue weighted by Crippen LogP contribution is -2.64. The minimum Gasteiger partial charge on any atom is -0.457 e. The first-order valence-corrected chi connectivity index (χ1v) is 5.49. The summed E-state index contributed by atoms with van der Waals surface area (Å²) in [6.07, 6.45) is 0. The van der Waals surface area contributed by atoms with E-state index in [1.165, 1.54) is 0 Å². The lowest BCUT2D eigenvalue weighted by molar-refractivity contribution is -0.166. The highest BCUT2D eigenvalue weighted by atomic mass is 16.6. The fraction of sp³-hybridized carbons (Fsp3) is 0.800. The first-order chi connectivity index (χ1) is 7.68. The van der Waals surface area contributed by atoms with Gasteiger partial charge < -0.3 is 9.64 Å². The topological polar surface area (TPSA) is 106 Å². The number of nitrogens with one attached hydrogen (secondary N) is 1. The number of hydrazine groups is 1. The highest BCUT2D eigenvalue weighted by Crippen LogP contribution is 2.18. The van der Waals surface area contributed by atoms with Crippen LogP contribution >= 0.6 is 0 Å². The summed E-state index contributed by atoms with van der Waals surface area (Å²) in [7, 11) is 0. The lowest BCUT2D eigenvalue weighted by Gasteiger charge is -2.36. The van der Waals surface area contributed by atoms with Crippen molar-refractivity contribution in [2.45, 2.75) is 39.0 Å². The van der Waals surface area contributed by atoms with Gasteiger partial charge >= 0.3 is 5.97 Å². The van der Waals surface area contributed by atoms with Gasteiger partial charge in [0.2, 0.25) is 5.96 Å². The van der Waals surface area contributed by atoms with Crippen molar-refractivity contribution in [3.63, 3.8) is 0 Å². The van der Waals surface area contributed by atoms with Crippen molar-refractivity contribution in [3.8, 4) is 0 Å². The van der Waals surface area contributed by atoms with Crippen molar-refractivity contribution in [1.82, 2.24) is 10.3 Å². The smallest absolute Gasteiger partial charge is 0.347 e. The van der Waals surface area contributed by atoms with E-state index in [9.17, 15) is 4.79 Å². The number of hydrogen-bond acceptors (Lipinski definition) is 7. The normalized spacial score (nSPS) is 19.6. The maximum atomic E-state index is 12.0. The van der Waals surface area contributed by atoms with E-state index in [1.54, 1.807) is 32.6 Å². The number of guanidine groups is 1. The molecule has 17 heavy (non-hydrogen) atoms. The average Bonchev–Trinajstić information content (AvgIpc) is 2.62. The van der Waals surface area contributed by atoms with Gasteiger partial charge in [0, 0.05) is 6.54 Å². The number of carbonyl (C=O) groups excluding carboxylic acids is 1. The van der Waals surface area contributed by atoms with Gasteiger partial charge in [-0.3, -0.25) is 16.2 Å². The summed E-state index contributed by atoms with van der Waals surface area (Å²) in [5.74, 6) is 5.22. The number of nitrogens with zero attached hydrogens (tertiary/aromatic N) is 2. The molecule has 0 aliphatic carbocycles. The van der Waals surface area contributed by atoms with Crippen LogP contribution in [0.5, 0.6) is 0 Å². The van der Waals surface area contributed by atoms with Crippen molar-refractivity contribution in [3.05, 3.63) is 0 Å². The third-order valence-electron chi connectivity index (χ3n) is 2.34. The molecule has 98 valence electrons. The Labute approximate surface area is 101 Å². The monoisotopic (exact) mass is 243 g/mol. The molecule has 0 aromatic heterocycles. The molecule has 7 heteroatoms.